The van der Waals surface area contributed by atoms with Crippen molar-refractivity contribution in [2.24, 2.45) is 5.73 Å². The van der Waals surface area contributed by atoms with Crippen LogP contribution in [0.4, 0.5) is 17.6 Å². The summed E-state index contributed by atoms with van der Waals surface area (Å²) in [5.74, 6) is -1.70. The Kier molecular flexibility index (Phi) is 3.50. The molecule has 0 aromatic carbocycles. The molecule has 1 aromatic rings. The first kappa shape index (κ1) is 12.2. The summed E-state index contributed by atoms with van der Waals surface area (Å²) < 4.78 is 51.7. The fourth-order valence-electron chi connectivity index (χ4n) is 0.823. The van der Waals surface area contributed by atoms with Crippen molar-refractivity contribution in [2.75, 3.05) is 0 Å². The molecule has 15 heavy (non-hydrogen) atoms. The first-order chi connectivity index (χ1) is 6.85. The lowest BCUT2D eigenvalue weighted by molar-refractivity contribution is -0.275. The zero-order valence-corrected chi connectivity index (χ0v) is 8.69. The number of nitrogens with zero attached hydrogens (tertiary/aromatic N) is 1. The molecule has 0 saturated carbocycles. The zero-order chi connectivity index (χ0) is 11.6. The van der Waals surface area contributed by atoms with E-state index in [1.165, 1.54) is 0 Å². The summed E-state index contributed by atoms with van der Waals surface area (Å²) in [6.07, 6.45) is -4.14. The van der Waals surface area contributed by atoms with E-state index in [-0.39, 0.29) is 12.2 Å². The number of ether oxygens (including phenoxy) is 1. The highest BCUT2D eigenvalue weighted by atomic mass is 79.9. The van der Waals surface area contributed by atoms with Gasteiger partial charge in [0.15, 0.2) is 11.6 Å². The highest BCUT2D eigenvalue weighted by Gasteiger charge is 2.33. The van der Waals surface area contributed by atoms with Crippen molar-refractivity contribution >= 4 is 15.9 Å². The summed E-state index contributed by atoms with van der Waals surface area (Å²) >= 11 is 2.63. The predicted molar refractivity (Wildman–Crippen MR) is 46.5 cm³/mol. The van der Waals surface area contributed by atoms with Crippen molar-refractivity contribution in [3.63, 3.8) is 0 Å². The van der Waals surface area contributed by atoms with E-state index in [4.69, 9.17) is 5.73 Å². The van der Waals surface area contributed by atoms with Gasteiger partial charge >= 0.3 is 6.36 Å². The minimum absolute atomic E-state index is 0.142. The van der Waals surface area contributed by atoms with Gasteiger partial charge in [0.2, 0.25) is 0 Å². The van der Waals surface area contributed by atoms with Crippen LogP contribution < -0.4 is 10.5 Å². The van der Waals surface area contributed by atoms with Gasteiger partial charge in [0.25, 0.3) is 0 Å². The van der Waals surface area contributed by atoms with Crippen LogP contribution in [0.5, 0.6) is 5.75 Å². The molecule has 8 heteroatoms. The molecule has 0 bridgehead atoms. The first-order valence-corrected chi connectivity index (χ1v) is 4.43. The SMILES string of the molecule is NCc1ncc(OC(F)(F)F)c(Br)c1F. The summed E-state index contributed by atoms with van der Waals surface area (Å²) in [5, 5.41) is 0. The van der Waals surface area contributed by atoms with Crippen LogP contribution in [0.15, 0.2) is 10.7 Å². The molecule has 0 aliphatic carbocycles. The van der Waals surface area contributed by atoms with Crippen LogP contribution in [-0.4, -0.2) is 11.3 Å². The molecule has 0 unspecified atom stereocenters. The second kappa shape index (κ2) is 4.31. The van der Waals surface area contributed by atoms with Crippen LogP contribution >= 0.6 is 15.9 Å². The molecule has 1 aromatic heterocycles. The van der Waals surface area contributed by atoms with E-state index >= 15 is 0 Å². The summed E-state index contributed by atoms with van der Waals surface area (Å²) in [4.78, 5) is 3.39. The minimum atomic E-state index is -4.89. The van der Waals surface area contributed by atoms with E-state index in [2.05, 4.69) is 25.7 Å². The molecule has 0 fully saturated rings. The largest absolute Gasteiger partial charge is 0.573 e. The fraction of sp³-hybridized carbons (Fsp3) is 0.286. The number of nitrogens with two attached hydrogens (primary N) is 1. The maximum atomic E-state index is 13.2. The van der Waals surface area contributed by atoms with Gasteiger partial charge in [-0.05, 0) is 15.9 Å². The average Bonchev–Trinajstić information content (AvgIpc) is 2.11. The van der Waals surface area contributed by atoms with E-state index in [0.29, 0.717) is 0 Å². The zero-order valence-electron chi connectivity index (χ0n) is 7.11. The van der Waals surface area contributed by atoms with Gasteiger partial charge in [0.1, 0.15) is 0 Å². The molecule has 2 N–H and O–H groups in total. The highest BCUT2D eigenvalue weighted by Crippen LogP contribution is 2.32. The summed E-state index contributed by atoms with van der Waals surface area (Å²) in [7, 11) is 0. The third-order valence-corrected chi connectivity index (χ3v) is 2.16. The number of rotatable bonds is 2. The lowest BCUT2D eigenvalue weighted by atomic mass is 10.3. The maximum Gasteiger partial charge on any atom is 0.573 e. The van der Waals surface area contributed by atoms with Gasteiger partial charge in [-0.15, -0.1) is 13.2 Å². The minimum Gasteiger partial charge on any atom is -0.403 e. The highest BCUT2D eigenvalue weighted by molar-refractivity contribution is 9.10. The topological polar surface area (TPSA) is 48.1 Å². The van der Waals surface area contributed by atoms with Gasteiger partial charge in [0, 0.05) is 6.54 Å². The lowest BCUT2D eigenvalue weighted by Gasteiger charge is -2.11. The van der Waals surface area contributed by atoms with E-state index in [1.807, 2.05) is 0 Å². The average molecular weight is 289 g/mol. The molecular weight excluding hydrogens is 284 g/mol. The van der Waals surface area contributed by atoms with Crippen molar-refractivity contribution in [1.29, 1.82) is 0 Å². The van der Waals surface area contributed by atoms with Crippen molar-refractivity contribution in [1.82, 2.24) is 4.98 Å². The van der Waals surface area contributed by atoms with Crippen LogP contribution in [0, 0.1) is 5.82 Å². The fourth-order valence-corrected chi connectivity index (χ4v) is 1.24. The quantitative estimate of drug-likeness (QED) is 0.850. The normalized spacial score (nSPS) is 11.6. The molecule has 0 atom stereocenters. The number of hydrogen-bond acceptors (Lipinski definition) is 3. The first-order valence-electron chi connectivity index (χ1n) is 3.64. The Morgan fingerprint density at radius 1 is 1.47 bits per heavy atom. The van der Waals surface area contributed by atoms with E-state index in [9.17, 15) is 17.6 Å². The molecule has 1 heterocycles. The van der Waals surface area contributed by atoms with Crippen LogP contribution in [-0.2, 0) is 6.54 Å². The second-order valence-electron chi connectivity index (χ2n) is 2.45. The summed E-state index contributed by atoms with van der Waals surface area (Å²) in [6.45, 7) is -0.212. The van der Waals surface area contributed by atoms with Gasteiger partial charge in [-0.2, -0.15) is 0 Å². The third-order valence-electron chi connectivity index (χ3n) is 1.42. The standard InChI is InChI=1S/C7H5BrF4N2O/c8-5-4(15-7(10,11)12)2-14-3(1-13)6(5)9/h2H,1,13H2. The van der Waals surface area contributed by atoms with Crippen LogP contribution in [0.2, 0.25) is 0 Å². The van der Waals surface area contributed by atoms with Crippen molar-refractivity contribution in [3.8, 4) is 5.75 Å². The maximum absolute atomic E-state index is 13.2. The molecule has 0 spiro atoms. The van der Waals surface area contributed by atoms with Crippen molar-refractivity contribution in [3.05, 3.63) is 22.2 Å². The number of hydrogen-bond donors (Lipinski definition) is 1. The van der Waals surface area contributed by atoms with Crippen molar-refractivity contribution in [2.45, 2.75) is 12.9 Å². The Morgan fingerprint density at radius 2 is 2.07 bits per heavy atom. The van der Waals surface area contributed by atoms with Gasteiger partial charge < -0.3 is 10.5 Å². The van der Waals surface area contributed by atoms with Crippen LogP contribution in [0.25, 0.3) is 0 Å². The number of aromatic nitrogens is 1. The Balaban J connectivity index is 3.07. The number of alkyl halides is 3. The molecule has 0 saturated heterocycles. The van der Waals surface area contributed by atoms with Gasteiger partial charge in [-0.25, -0.2) is 4.39 Å². The molecular formula is C7H5BrF4N2O. The van der Waals surface area contributed by atoms with E-state index in [1.54, 1.807) is 0 Å². The van der Waals surface area contributed by atoms with Gasteiger partial charge in [-0.3, -0.25) is 4.98 Å². The monoisotopic (exact) mass is 288 g/mol. The second-order valence-corrected chi connectivity index (χ2v) is 3.24. The summed E-state index contributed by atoms with van der Waals surface area (Å²) in [5.41, 5.74) is 4.97. The van der Waals surface area contributed by atoms with Crippen molar-refractivity contribution < 1.29 is 22.3 Å². The van der Waals surface area contributed by atoms with Crippen LogP contribution in [0.1, 0.15) is 5.69 Å². The van der Waals surface area contributed by atoms with Crippen LogP contribution in [0.3, 0.4) is 0 Å². The molecule has 0 aliphatic heterocycles. The number of halogens is 5. The molecule has 0 aliphatic rings. The third kappa shape index (κ3) is 3.03. The molecule has 0 amide bonds. The van der Waals surface area contributed by atoms with E-state index in [0.717, 1.165) is 6.20 Å². The smallest absolute Gasteiger partial charge is 0.403 e. The predicted octanol–water partition coefficient (Wildman–Crippen LogP) is 2.34. The Labute approximate surface area is 90.4 Å². The molecule has 3 nitrogen and oxygen atoms in total. The molecule has 1 rings (SSSR count). The lowest BCUT2D eigenvalue weighted by Crippen LogP contribution is -2.18. The molecule has 0 radical (unpaired) electrons. The Morgan fingerprint density at radius 3 is 2.53 bits per heavy atom. The molecule has 84 valence electrons. The number of pyridine rings is 1. The van der Waals surface area contributed by atoms with Gasteiger partial charge in [-0.1, -0.05) is 0 Å². The Hall–Kier alpha value is -0.890. The van der Waals surface area contributed by atoms with E-state index < -0.39 is 22.4 Å². The van der Waals surface area contributed by atoms with Gasteiger partial charge in [0.05, 0.1) is 16.4 Å². The Bertz CT molecular complexity index is 369. The summed E-state index contributed by atoms with van der Waals surface area (Å²) in [6, 6.07) is 0.